The van der Waals surface area contributed by atoms with Crippen molar-refractivity contribution in [2.75, 3.05) is 0 Å². The van der Waals surface area contributed by atoms with E-state index in [2.05, 4.69) is 11.6 Å². The first-order valence-corrected chi connectivity index (χ1v) is 5.73. The molecule has 0 fully saturated rings. The third-order valence-electron chi connectivity index (χ3n) is 1.75. The van der Waals surface area contributed by atoms with E-state index in [0.29, 0.717) is 6.42 Å². The van der Waals surface area contributed by atoms with Crippen LogP contribution in [-0.4, -0.2) is 11.1 Å². The van der Waals surface area contributed by atoms with Gasteiger partial charge in [-0.3, -0.25) is 9.52 Å². The van der Waals surface area contributed by atoms with Gasteiger partial charge in [0.15, 0.2) is 0 Å². The summed E-state index contributed by atoms with van der Waals surface area (Å²) >= 11 is 0.785. The Kier molecular flexibility index (Phi) is 8.42. The van der Waals surface area contributed by atoms with Crippen molar-refractivity contribution < 1.29 is 9.59 Å². The molecule has 82 valence electrons. The normalized spacial score (nSPS) is 9.79. The number of carbonyl (C=O) groups excluding carboxylic acids is 2. The zero-order valence-electron chi connectivity index (χ0n) is 8.54. The van der Waals surface area contributed by atoms with Crippen molar-refractivity contribution in [2.45, 2.75) is 45.4 Å². The first-order valence-electron chi connectivity index (χ1n) is 4.92. The molecular weight excluding hydrogens is 200 g/mol. The molecule has 0 aliphatic heterocycles. The van der Waals surface area contributed by atoms with Crippen LogP contribution in [0.4, 0.5) is 4.79 Å². The van der Waals surface area contributed by atoms with E-state index in [1.54, 1.807) is 0 Å². The maximum atomic E-state index is 11.1. The monoisotopic (exact) mass is 218 g/mol. The van der Waals surface area contributed by atoms with Crippen LogP contribution in [-0.2, 0) is 4.79 Å². The number of urea groups is 1. The van der Waals surface area contributed by atoms with E-state index in [1.165, 1.54) is 19.3 Å². The molecular formula is C9H18N2O2S. The molecule has 2 amide bonds. The molecule has 0 heterocycles. The van der Waals surface area contributed by atoms with Crippen molar-refractivity contribution in [3.8, 4) is 0 Å². The Labute approximate surface area is 89.1 Å². The summed E-state index contributed by atoms with van der Waals surface area (Å²) in [5.74, 6) is 0. The van der Waals surface area contributed by atoms with Crippen LogP contribution < -0.4 is 10.5 Å². The van der Waals surface area contributed by atoms with Gasteiger partial charge in [-0.1, -0.05) is 32.6 Å². The van der Waals surface area contributed by atoms with Gasteiger partial charge in [0.1, 0.15) is 0 Å². The molecule has 14 heavy (non-hydrogen) atoms. The highest BCUT2D eigenvalue weighted by molar-refractivity contribution is 8.12. The number of nitrogens with one attached hydrogen (secondary N) is 1. The molecule has 0 aliphatic carbocycles. The number of hydrogen-bond donors (Lipinski definition) is 2. The molecule has 0 radical (unpaired) electrons. The second-order valence-electron chi connectivity index (χ2n) is 3.10. The minimum atomic E-state index is -0.672. The third-order valence-corrected chi connectivity index (χ3v) is 2.48. The molecule has 4 nitrogen and oxygen atoms in total. The highest BCUT2D eigenvalue weighted by Crippen LogP contribution is 2.08. The second-order valence-corrected chi connectivity index (χ2v) is 3.97. The first kappa shape index (κ1) is 13.3. The fraction of sp³-hybridized carbons (Fsp3) is 0.778. The van der Waals surface area contributed by atoms with E-state index in [4.69, 9.17) is 5.73 Å². The van der Waals surface area contributed by atoms with Gasteiger partial charge in [-0.25, -0.2) is 4.79 Å². The van der Waals surface area contributed by atoms with Crippen LogP contribution in [0.15, 0.2) is 0 Å². The summed E-state index contributed by atoms with van der Waals surface area (Å²) in [7, 11) is 0. The van der Waals surface area contributed by atoms with Gasteiger partial charge in [0, 0.05) is 18.4 Å². The number of amides is 2. The van der Waals surface area contributed by atoms with Gasteiger partial charge < -0.3 is 5.73 Å². The lowest BCUT2D eigenvalue weighted by Crippen LogP contribution is -2.24. The van der Waals surface area contributed by atoms with Gasteiger partial charge in [-0.2, -0.15) is 0 Å². The number of primary amides is 1. The SMILES string of the molecule is CCCCCCCC(=O)SNC(N)=O. The van der Waals surface area contributed by atoms with Gasteiger partial charge in [0.2, 0.25) is 5.12 Å². The molecule has 0 unspecified atom stereocenters. The minimum absolute atomic E-state index is 0.0275. The van der Waals surface area contributed by atoms with Gasteiger partial charge in [0.25, 0.3) is 0 Å². The van der Waals surface area contributed by atoms with E-state index < -0.39 is 6.03 Å². The van der Waals surface area contributed by atoms with Crippen molar-refractivity contribution in [3.63, 3.8) is 0 Å². The largest absolute Gasteiger partial charge is 0.351 e. The lowest BCUT2D eigenvalue weighted by atomic mass is 10.1. The Bertz CT molecular complexity index is 186. The summed E-state index contributed by atoms with van der Waals surface area (Å²) in [4.78, 5) is 21.3. The number of hydrogen-bond acceptors (Lipinski definition) is 3. The maximum absolute atomic E-state index is 11.1. The van der Waals surface area contributed by atoms with Crippen LogP contribution in [0, 0.1) is 0 Å². The minimum Gasteiger partial charge on any atom is -0.351 e. The Hall–Kier alpha value is -0.710. The highest BCUT2D eigenvalue weighted by atomic mass is 32.2. The van der Waals surface area contributed by atoms with Crippen molar-refractivity contribution in [3.05, 3.63) is 0 Å². The summed E-state index contributed by atoms with van der Waals surface area (Å²) in [6.07, 6.45) is 6.09. The fourth-order valence-corrected chi connectivity index (χ4v) is 1.49. The van der Waals surface area contributed by atoms with Crippen molar-refractivity contribution in [1.29, 1.82) is 0 Å². The predicted octanol–water partition coefficient (Wildman–Crippen LogP) is 2.19. The summed E-state index contributed by atoms with van der Waals surface area (Å²) < 4.78 is 2.20. The molecule has 3 N–H and O–H groups in total. The van der Waals surface area contributed by atoms with Crippen LogP contribution in [0.1, 0.15) is 45.4 Å². The molecule has 0 aromatic heterocycles. The molecule has 0 bridgehead atoms. The topological polar surface area (TPSA) is 72.2 Å². The Morgan fingerprint density at radius 2 is 1.86 bits per heavy atom. The van der Waals surface area contributed by atoms with Crippen LogP contribution in [0.25, 0.3) is 0 Å². The fourth-order valence-electron chi connectivity index (χ4n) is 1.03. The first-order chi connectivity index (χ1) is 6.66. The van der Waals surface area contributed by atoms with Gasteiger partial charge in [0.05, 0.1) is 0 Å². The quantitative estimate of drug-likeness (QED) is 0.530. The van der Waals surface area contributed by atoms with E-state index >= 15 is 0 Å². The molecule has 0 spiro atoms. The highest BCUT2D eigenvalue weighted by Gasteiger charge is 2.03. The molecule has 0 rings (SSSR count). The number of rotatable bonds is 6. The number of carbonyl (C=O) groups is 2. The molecule has 0 atom stereocenters. The van der Waals surface area contributed by atoms with E-state index in [9.17, 15) is 9.59 Å². The van der Waals surface area contributed by atoms with E-state index in [1.807, 2.05) is 0 Å². The van der Waals surface area contributed by atoms with E-state index in [-0.39, 0.29) is 5.12 Å². The van der Waals surface area contributed by atoms with Crippen LogP contribution in [0.5, 0.6) is 0 Å². The Morgan fingerprint density at radius 3 is 2.43 bits per heavy atom. The van der Waals surface area contributed by atoms with Crippen molar-refractivity contribution >= 4 is 23.1 Å². The Balaban J connectivity index is 3.22. The standard InChI is InChI=1S/C9H18N2O2S/c1-2-3-4-5-6-7-8(12)14-11-9(10)13/h2-7H2,1H3,(H3,10,11,13). The van der Waals surface area contributed by atoms with Crippen LogP contribution in [0.2, 0.25) is 0 Å². The zero-order chi connectivity index (χ0) is 10.8. The second kappa shape index (κ2) is 8.87. The average molecular weight is 218 g/mol. The van der Waals surface area contributed by atoms with Crippen LogP contribution in [0.3, 0.4) is 0 Å². The average Bonchev–Trinajstić information content (AvgIpc) is 2.14. The summed E-state index contributed by atoms with van der Waals surface area (Å²) in [5, 5.41) is -0.0275. The summed E-state index contributed by atoms with van der Waals surface area (Å²) in [6, 6.07) is -0.672. The van der Waals surface area contributed by atoms with Gasteiger partial charge in [-0.15, -0.1) is 0 Å². The molecule has 0 saturated heterocycles. The lowest BCUT2D eigenvalue weighted by Gasteiger charge is -2.00. The van der Waals surface area contributed by atoms with Crippen molar-refractivity contribution in [2.24, 2.45) is 5.73 Å². The van der Waals surface area contributed by atoms with Gasteiger partial charge in [-0.05, 0) is 6.42 Å². The summed E-state index contributed by atoms with van der Waals surface area (Å²) in [6.45, 7) is 2.15. The smallest absolute Gasteiger partial charge is 0.322 e. The predicted molar refractivity (Wildman–Crippen MR) is 58.7 cm³/mol. The molecule has 0 aromatic rings. The molecule has 0 aromatic carbocycles. The number of nitrogens with two attached hydrogens (primary N) is 1. The lowest BCUT2D eigenvalue weighted by molar-refractivity contribution is -0.111. The van der Waals surface area contributed by atoms with Crippen molar-refractivity contribution in [1.82, 2.24) is 4.72 Å². The van der Waals surface area contributed by atoms with Crippen LogP contribution >= 0.6 is 11.9 Å². The molecule has 0 saturated carbocycles. The summed E-state index contributed by atoms with van der Waals surface area (Å²) in [5.41, 5.74) is 4.81. The zero-order valence-corrected chi connectivity index (χ0v) is 9.36. The molecule has 5 heteroatoms. The maximum Gasteiger partial charge on any atom is 0.322 e. The molecule has 0 aliphatic rings. The Morgan fingerprint density at radius 1 is 1.21 bits per heavy atom. The number of unbranched alkanes of at least 4 members (excludes halogenated alkanes) is 4. The van der Waals surface area contributed by atoms with E-state index in [0.717, 1.165) is 24.8 Å². The van der Waals surface area contributed by atoms with Gasteiger partial charge >= 0.3 is 6.03 Å². The third kappa shape index (κ3) is 9.38.